The number of halogens is 3. The standard InChI is InChI=1S/C21H29F3O2/c1-2-13-3-5-14(6-4-13)15-7-9-16(10-8-15)21(26-25)17-11-18(22)20(24)19(23)12-17/h11-16,21,25H,2-10H2,1H3. The third-order valence-corrected chi connectivity index (χ3v) is 6.83. The van der Waals surface area contributed by atoms with Crippen molar-refractivity contribution >= 4 is 0 Å². The molecule has 2 aliphatic carbocycles. The van der Waals surface area contributed by atoms with E-state index in [1.807, 2.05) is 0 Å². The van der Waals surface area contributed by atoms with Gasteiger partial charge in [0.15, 0.2) is 17.5 Å². The third-order valence-electron chi connectivity index (χ3n) is 6.83. The molecule has 2 fully saturated rings. The van der Waals surface area contributed by atoms with Crippen molar-refractivity contribution in [2.24, 2.45) is 23.7 Å². The van der Waals surface area contributed by atoms with E-state index in [1.54, 1.807) is 0 Å². The number of hydrogen-bond donors (Lipinski definition) is 1. The summed E-state index contributed by atoms with van der Waals surface area (Å²) in [5, 5.41) is 9.32. The van der Waals surface area contributed by atoms with Gasteiger partial charge >= 0.3 is 0 Å². The van der Waals surface area contributed by atoms with Gasteiger partial charge in [-0.3, -0.25) is 5.26 Å². The smallest absolute Gasteiger partial charge is 0.194 e. The van der Waals surface area contributed by atoms with Crippen LogP contribution in [0.3, 0.4) is 0 Å². The van der Waals surface area contributed by atoms with Gasteiger partial charge in [0.2, 0.25) is 0 Å². The highest BCUT2D eigenvalue weighted by atomic mass is 19.2. The maximum absolute atomic E-state index is 13.5. The molecule has 146 valence electrons. The summed E-state index contributed by atoms with van der Waals surface area (Å²) in [6, 6.07) is 1.86. The average molecular weight is 370 g/mol. The van der Waals surface area contributed by atoms with Gasteiger partial charge < -0.3 is 0 Å². The van der Waals surface area contributed by atoms with Crippen LogP contribution in [0.2, 0.25) is 0 Å². The summed E-state index contributed by atoms with van der Waals surface area (Å²) in [6.07, 6.45) is 9.56. The highest BCUT2D eigenvalue weighted by Gasteiger charge is 2.34. The highest BCUT2D eigenvalue weighted by Crippen LogP contribution is 2.45. The molecule has 3 rings (SSSR count). The minimum absolute atomic E-state index is 0.00695. The summed E-state index contributed by atoms with van der Waals surface area (Å²) >= 11 is 0. The lowest BCUT2D eigenvalue weighted by atomic mass is 9.68. The number of benzene rings is 1. The molecule has 2 aliphatic rings. The van der Waals surface area contributed by atoms with Gasteiger partial charge in [-0.2, -0.15) is 0 Å². The molecule has 0 saturated heterocycles. The summed E-state index contributed by atoms with van der Waals surface area (Å²) < 4.78 is 40.2. The predicted octanol–water partition coefficient (Wildman–Crippen LogP) is 6.66. The Kier molecular flexibility index (Phi) is 6.62. The first-order chi connectivity index (χ1) is 12.5. The van der Waals surface area contributed by atoms with Crippen LogP contribution in [0.5, 0.6) is 0 Å². The van der Waals surface area contributed by atoms with E-state index in [2.05, 4.69) is 11.8 Å². The van der Waals surface area contributed by atoms with Gasteiger partial charge in [-0.05, 0) is 79.9 Å². The Labute approximate surface area is 153 Å². The first kappa shape index (κ1) is 19.7. The van der Waals surface area contributed by atoms with E-state index in [0.29, 0.717) is 5.92 Å². The zero-order valence-electron chi connectivity index (χ0n) is 15.4. The summed E-state index contributed by atoms with van der Waals surface area (Å²) in [7, 11) is 0. The lowest BCUT2D eigenvalue weighted by Crippen LogP contribution is -2.28. The van der Waals surface area contributed by atoms with Crippen molar-refractivity contribution in [3.05, 3.63) is 35.1 Å². The molecule has 1 N–H and O–H groups in total. The number of hydrogen-bond acceptors (Lipinski definition) is 2. The van der Waals surface area contributed by atoms with Gasteiger partial charge in [-0.1, -0.05) is 26.2 Å². The van der Waals surface area contributed by atoms with E-state index in [4.69, 9.17) is 0 Å². The van der Waals surface area contributed by atoms with E-state index < -0.39 is 23.6 Å². The molecule has 0 radical (unpaired) electrons. The molecule has 0 amide bonds. The fourth-order valence-electron chi connectivity index (χ4n) is 5.15. The van der Waals surface area contributed by atoms with Gasteiger partial charge in [0.25, 0.3) is 0 Å². The fourth-order valence-corrected chi connectivity index (χ4v) is 5.15. The molecular formula is C21H29F3O2. The Hall–Kier alpha value is -1.07. The molecule has 0 spiro atoms. The molecule has 1 unspecified atom stereocenters. The molecule has 0 aromatic heterocycles. The van der Waals surface area contributed by atoms with E-state index in [-0.39, 0.29) is 11.5 Å². The third kappa shape index (κ3) is 4.25. The molecule has 2 saturated carbocycles. The van der Waals surface area contributed by atoms with Crippen molar-refractivity contribution < 1.29 is 23.3 Å². The van der Waals surface area contributed by atoms with Crippen molar-refractivity contribution in [2.75, 3.05) is 0 Å². The summed E-state index contributed by atoms with van der Waals surface area (Å²) in [5.41, 5.74) is 0.163. The zero-order valence-corrected chi connectivity index (χ0v) is 15.4. The molecule has 1 aromatic rings. The maximum atomic E-state index is 13.5. The average Bonchev–Trinajstić information content (AvgIpc) is 2.67. The Bertz CT molecular complexity index is 568. The molecule has 0 bridgehead atoms. The first-order valence-corrected chi connectivity index (χ1v) is 9.98. The lowest BCUT2D eigenvalue weighted by molar-refractivity contribution is -0.296. The van der Waals surface area contributed by atoms with Crippen molar-refractivity contribution in [3.63, 3.8) is 0 Å². The molecule has 0 heterocycles. The SMILES string of the molecule is CCC1CCC(C2CCC(C(OO)c3cc(F)c(F)c(F)c3)CC2)CC1. The second-order valence-electron chi connectivity index (χ2n) is 8.19. The topological polar surface area (TPSA) is 29.5 Å². The lowest BCUT2D eigenvalue weighted by Gasteiger charge is -2.39. The van der Waals surface area contributed by atoms with E-state index in [0.717, 1.165) is 49.7 Å². The number of rotatable bonds is 5. The van der Waals surface area contributed by atoms with Gasteiger partial charge in [0.05, 0.1) is 0 Å². The fraction of sp³-hybridized carbons (Fsp3) is 0.714. The van der Waals surface area contributed by atoms with E-state index in [1.165, 1.54) is 32.1 Å². The van der Waals surface area contributed by atoms with E-state index >= 15 is 0 Å². The quantitative estimate of drug-likeness (QED) is 0.357. The van der Waals surface area contributed by atoms with Crippen LogP contribution in [0, 0.1) is 41.1 Å². The molecular weight excluding hydrogens is 341 g/mol. The Morgan fingerprint density at radius 1 is 0.923 bits per heavy atom. The molecule has 26 heavy (non-hydrogen) atoms. The van der Waals surface area contributed by atoms with Crippen molar-refractivity contribution in [3.8, 4) is 0 Å². The van der Waals surface area contributed by atoms with Crippen LogP contribution >= 0.6 is 0 Å². The normalized spacial score (nSPS) is 31.0. The van der Waals surface area contributed by atoms with Crippen LogP contribution in [0.15, 0.2) is 12.1 Å². The van der Waals surface area contributed by atoms with Crippen LogP contribution in [-0.2, 0) is 4.89 Å². The second kappa shape index (κ2) is 8.75. The summed E-state index contributed by atoms with van der Waals surface area (Å²) in [4.78, 5) is 4.58. The van der Waals surface area contributed by atoms with Crippen molar-refractivity contribution in [2.45, 2.75) is 70.8 Å². The Morgan fingerprint density at radius 2 is 1.42 bits per heavy atom. The van der Waals surface area contributed by atoms with Crippen molar-refractivity contribution in [1.82, 2.24) is 0 Å². The second-order valence-corrected chi connectivity index (χ2v) is 8.19. The van der Waals surface area contributed by atoms with Crippen LogP contribution in [-0.4, -0.2) is 5.26 Å². The van der Waals surface area contributed by atoms with Crippen LogP contribution < -0.4 is 0 Å². The minimum Gasteiger partial charge on any atom is -0.251 e. The van der Waals surface area contributed by atoms with Crippen molar-refractivity contribution in [1.29, 1.82) is 0 Å². The van der Waals surface area contributed by atoms with Gasteiger partial charge in [0.1, 0.15) is 6.10 Å². The summed E-state index contributed by atoms with van der Waals surface area (Å²) in [5.74, 6) is -1.62. The molecule has 0 aliphatic heterocycles. The maximum Gasteiger partial charge on any atom is 0.194 e. The van der Waals surface area contributed by atoms with E-state index in [9.17, 15) is 18.4 Å². The van der Waals surface area contributed by atoms with Gasteiger partial charge in [0, 0.05) is 0 Å². The van der Waals surface area contributed by atoms with Crippen LogP contribution in [0.25, 0.3) is 0 Å². The first-order valence-electron chi connectivity index (χ1n) is 9.98. The van der Waals surface area contributed by atoms with Gasteiger partial charge in [-0.25, -0.2) is 18.1 Å². The highest BCUT2D eigenvalue weighted by molar-refractivity contribution is 5.22. The summed E-state index contributed by atoms with van der Waals surface area (Å²) in [6.45, 7) is 2.27. The molecule has 1 atom stereocenters. The Balaban J connectivity index is 1.59. The zero-order chi connectivity index (χ0) is 18.7. The molecule has 1 aromatic carbocycles. The van der Waals surface area contributed by atoms with Gasteiger partial charge in [-0.15, -0.1) is 0 Å². The minimum atomic E-state index is -1.49. The molecule has 5 heteroatoms. The largest absolute Gasteiger partial charge is 0.251 e. The monoisotopic (exact) mass is 370 g/mol. The molecule has 2 nitrogen and oxygen atoms in total. The van der Waals surface area contributed by atoms with Crippen LogP contribution in [0.4, 0.5) is 13.2 Å². The van der Waals surface area contributed by atoms with Crippen LogP contribution in [0.1, 0.15) is 76.4 Å². The predicted molar refractivity (Wildman–Crippen MR) is 94.0 cm³/mol. The Morgan fingerprint density at radius 3 is 1.88 bits per heavy atom.